The van der Waals surface area contributed by atoms with Crippen molar-refractivity contribution in [2.24, 2.45) is 0 Å². The maximum absolute atomic E-state index is 13.9. The van der Waals surface area contributed by atoms with Gasteiger partial charge in [0.1, 0.15) is 17.3 Å². The zero-order chi connectivity index (χ0) is 21.5. The summed E-state index contributed by atoms with van der Waals surface area (Å²) in [6, 6.07) is 10.9. The summed E-state index contributed by atoms with van der Waals surface area (Å²) in [5.41, 5.74) is -0.288. The quantitative estimate of drug-likeness (QED) is 0.629. The van der Waals surface area contributed by atoms with Gasteiger partial charge >= 0.3 is 0 Å². The van der Waals surface area contributed by atoms with Gasteiger partial charge in [-0.15, -0.1) is 0 Å². The lowest BCUT2D eigenvalue weighted by atomic mass is 10.2. The third-order valence-corrected chi connectivity index (χ3v) is 5.94. The smallest absolute Gasteiger partial charge is 0.277 e. The van der Waals surface area contributed by atoms with Crippen molar-refractivity contribution < 1.29 is 26.8 Å². The highest BCUT2D eigenvalue weighted by molar-refractivity contribution is 7.92. The minimum Gasteiger partial charge on any atom is -0.277 e. The molecule has 0 spiro atoms. The van der Waals surface area contributed by atoms with E-state index in [0.717, 1.165) is 29.2 Å². The number of amides is 2. The lowest BCUT2D eigenvalue weighted by Gasteiger charge is -2.17. The Hall–Kier alpha value is -3.66. The van der Waals surface area contributed by atoms with Crippen LogP contribution < -0.4 is 4.72 Å². The lowest BCUT2D eigenvalue weighted by Crippen LogP contribution is -2.30. The number of aromatic nitrogens is 1. The molecule has 2 aromatic carbocycles. The third-order valence-electron chi connectivity index (χ3n) is 4.50. The highest BCUT2D eigenvalue weighted by Gasteiger charge is 2.37. The summed E-state index contributed by atoms with van der Waals surface area (Å²) in [5, 5.41) is 0. The molecule has 2 heterocycles. The molecule has 1 aliphatic rings. The SMILES string of the molecule is O=C1c2cccnc2C(=O)N1Cc1ccc(F)cc1S(=O)(=O)Nc1ccccc1F. The number of hydrogen-bond acceptors (Lipinski definition) is 5. The molecule has 1 N–H and O–H groups in total. The van der Waals surface area contributed by atoms with Crippen molar-refractivity contribution in [3.63, 3.8) is 0 Å². The van der Waals surface area contributed by atoms with Crippen molar-refractivity contribution >= 4 is 27.5 Å². The second-order valence-corrected chi connectivity index (χ2v) is 8.08. The number of carbonyl (C=O) groups is 2. The van der Waals surface area contributed by atoms with Crippen molar-refractivity contribution in [3.05, 3.63) is 89.2 Å². The van der Waals surface area contributed by atoms with E-state index in [2.05, 4.69) is 9.71 Å². The van der Waals surface area contributed by atoms with Gasteiger partial charge in [-0.25, -0.2) is 17.2 Å². The van der Waals surface area contributed by atoms with Gasteiger partial charge in [0.05, 0.1) is 22.7 Å². The second-order valence-electron chi connectivity index (χ2n) is 6.43. The van der Waals surface area contributed by atoms with Crippen LogP contribution in [-0.2, 0) is 16.6 Å². The van der Waals surface area contributed by atoms with Crippen molar-refractivity contribution in [1.29, 1.82) is 0 Å². The molecule has 0 bridgehead atoms. The van der Waals surface area contributed by atoms with Gasteiger partial charge in [-0.05, 0) is 42.0 Å². The summed E-state index contributed by atoms with van der Waals surface area (Å²) in [4.78, 5) is 29.3. The number of sulfonamides is 1. The van der Waals surface area contributed by atoms with Crippen molar-refractivity contribution in [2.45, 2.75) is 11.4 Å². The number of para-hydroxylation sites is 1. The molecule has 1 aliphatic heterocycles. The first-order chi connectivity index (χ1) is 14.3. The van der Waals surface area contributed by atoms with Crippen molar-refractivity contribution in [3.8, 4) is 0 Å². The maximum Gasteiger partial charge on any atom is 0.280 e. The Morgan fingerprint density at radius 2 is 1.73 bits per heavy atom. The zero-order valence-electron chi connectivity index (χ0n) is 15.2. The average molecular weight is 429 g/mol. The molecule has 0 saturated carbocycles. The second kappa shape index (κ2) is 7.30. The van der Waals surface area contributed by atoms with E-state index in [1.54, 1.807) is 0 Å². The van der Waals surface area contributed by atoms with Gasteiger partial charge < -0.3 is 0 Å². The van der Waals surface area contributed by atoms with Gasteiger partial charge in [-0.3, -0.25) is 24.2 Å². The predicted octanol–water partition coefficient (Wildman–Crippen LogP) is 2.96. The minimum atomic E-state index is -4.43. The molecule has 0 fully saturated rings. The molecule has 10 heteroatoms. The first-order valence-electron chi connectivity index (χ1n) is 8.65. The number of anilines is 1. The van der Waals surface area contributed by atoms with Crippen LogP contribution >= 0.6 is 0 Å². The molecule has 0 atom stereocenters. The number of benzene rings is 2. The number of fused-ring (bicyclic) bond motifs is 1. The highest BCUT2D eigenvalue weighted by Crippen LogP contribution is 2.27. The molecule has 1 aromatic heterocycles. The summed E-state index contributed by atoms with van der Waals surface area (Å²) in [6.07, 6.45) is 1.36. The Balaban J connectivity index is 1.71. The minimum absolute atomic E-state index is 0.0188. The number of nitrogens with zero attached hydrogens (tertiary/aromatic N) is 2. The predicted molar refractivity (Wildman–Crippen MR) is 102 cm³/mol. The highest BCUT2D eigenvalue weighted by atomic mass is 32.2. The Kier molecular flexibility index (Phi) is 4.78. The summed E-state index contributed by atoms with van der Waals surface area (Å²) < 4.78 is 55.5. The van der Waals surface area contributed by atoms with E-state index in [-0.39, 0.29) is 22.5 Å². The molecule has 152 valence electrons. The molecule has 0 radical (unpaired) electrons. The number of hydrogen-bond donors (Lipinski definition) is 1. The molecule has 30 heavy (non-hydrogen) atoms. The number of pyridine rings is 1. The van der Waals surface area contributed by atoms with Gasteiger partial charge in [0.25, 0.3) is 21.8 Å². The Morgan fingerprint density at radius 1 is 0.967 bits per heavy atom. The molecule has 2 amide bonds. The zero-order valence-corrected chi connectivity index (χ0v) is 16.0. The van der Waals surface area contributed by atoms with Gasteiger partial charge in [0.2, 0.25) is 0 Å². The third kappa shape index (κ3) is 3.41. The topological polar surface area (TPSA) is 96.4 Å². The van der Waals surface area contributed by atoms with Gasteiger partial charge in [-0.1, -0.05) is 18.2 Å². The van der Waals surface area contributed by atoms with Crippen LogP contribution in [0.5, 0.6) is 0 Å². The molecule has 0 unspecified atom stereocenters. The Morgan fingerprint density at radius 3 is 2.47 bits per heavy atom. The van der Waals surface area contributed by atoms with Gasteiger partial charge in [0, 0.05) is 6.20 Å². The standard InChI is InChI=1S/C20H13F2N3O4S/c21-13-8-7-12(11-25-19(26)14-4-3-9-23-18(14)20(25)27)17(10-13)30(28,29)24-16-6-2-1-5-15(16)22/h1-10,24H,11H2. The summed E-state index contributed by atoms with van der Waals surface area (Å²) in [7, 11) is -4.43. The van der Waals surface area contributed by atoms with Crippen LogP contribution in [-0.4, -0.2) is 30.1 Å². The first kappa shape index (κ1) is 19.6. The number of halogens is 2. The average Bonchev–Trinajstić information content (AvgIpc) is 2.96. The van der Waals surface area contributed by atoms with Crippen LogP contribution in [0.1, 0.15) is 26.4 Å². The van der Waals surface area contributed by atoms with Crippen LogP contribution in [0.2, 0.25) is 0 Å². The van der Waals surface area contributed by atoms with E-state index < -0.39 is 44.9 Å². The van der Waals surface area contributed by atoms with Crippen LogP contribution in [0.25, 0.3) is 0 Å². The fourth-order valence-electron chi connectivity index (χ4n) is 3.08. The van der Waals surface area contributed by atoms with Gasteiger partial charge in [-0.2, -0.15) is 0 Å². The summed E-state index contributed by atoms with van der Waals surface area (Å²) >= 11 is 0. The van der Waals surface area contributed by atoms with E-state index in [0.29, 0.717) is 0 Å². The Bertz CT molecular complexity index is 1260. The molecule has 7 nitrogen and oxygen atoms in total. The van der Waals surface area contributed by atoms with Gasteiger partial charge in [0.15, 0.2) is 0 Å². The summed E-state index contributed by atoms with van der Waals surface area (Å²) in [6.45, 7) is -0.429. The lowest BCUT2D eigenvalue weighted by molar-refractivity contribution is 0.0639. The number of imide groups is 1. The maximum atomic E-state index is 13.9. The number of rotatable bonds is 5. The number of carbonyl (C=O) groups excluding carboxylic acids is 2. The number of nitrogens with one attached hydrogen (secondary N) is 1. The molecule has 0 saturated heterocycles. The van der Waals surface area contributed by atoms with E-state index in [1.165, 1.54) is 36.5 Å². The molecule has 4 rings (SSSR count). The molecular weight excluding hydrogens is 416 g/mol. The normalized spacial score (nSPS) is 13.5. The molecule has 0 aliphatic carbocycles. The summed E-state index contributed by atoms with van der Waals surface area (Å²) in [5.74, 6) is -3.00. The van der Waals surface area contributed by atoms with E-state index in [4.69, 9.17) is 0 Å². The molecule has 3 aromatic rings. The van der Waals surface area contributed by atoms with E-state index >= 15 is 0 Å². The fourth-order valence-corrected chi connectivity index (χ4v) is 4.39. The first-order valence-corrected chi connectivity index (χ1v) is 10.1. The molecular formula is C20H13F2N3O4S. The van der Waals surface area contributed by atoms with E-state index in [9.17, 15) is 26.8 Å². The van der Waals surface area contributed by atoms with Crippen LogP contribution in [0.4, 0.5) is 14.5 Å². The van der Waals surface area contributed by atoms with Crippen molar-refractivity contribution in [2.75, 3.05) is 4.72 Å². The fraction of sp³-hybridized carbons (Fsp3) is 0.0500. The van der Waals surface area contributed by atoms with E-state index in [1.807, 2.05) is 0 Å². The monoisotopic (exact) mass is 429 g/mol. The largest absolute Gasteiger partial charge is 0.280 e. The van der Waals surface area contributed by atoms with Crippen LogP contribution in [0.3, 0.4) is 0 Å². The van der Waals surface area contributed by atoms with Crippen molar-refractivity contribution in [1.82, 2.24) is 9.88 Å². The van der Waals surface area contributed by atoms with Crippen LogP contribution in [0.15, 0.2) is 65.7 Å². The Labute approximate surface area is 170 Å². The van der Waals surface area contributed by atoms with Crippen LogP contribution in [0, 0.1) is 11.6 Å².